The van der Waals surface area contributed by atoms with E-state index in [9.17, 15) is 0 Å². The molecule has 60 heavy (non-hydrogen) atoms. The van der Waals surface area contributed by atoms with Gasteiger partial charge in [-0.05, 0) is 118 Å². The molecule has 0 bridgehead atoms. The average molecular weight is 779 g/mol. The Morgan fingerprint density at radius 1 is 0.367 bits per heavy atom. The minimum atomic E-state index is 1.00. The Hall–Kier alpha value is -7.59. The second kappa shape index (κ2) is 13.0. The summed E-state index contributed by atoms with van der Waals surface area (Å²) in [5.74, 6) is 0. The highest BCUT2D eigenvalue weighted by molar-refractivity contribution is 7.26. The van der Waals surface area contributed by atoms with Crippen LogP contribution in [0.4, 0.5) is 0 Å². The van der Waals surface area contributed by atoms with Crippen molar-refractivity contribution in [3.63, 3.8) is 0 Å². The first kappa shape index (κ1) is 33.4. The van der Waals surface area contributed by atoms with E-state index in [1.165, 1.54) is 96.6 Å². The Kier molecular flexibility index (Phi) is 7.21. The van der Waals surface area contributed by atoms with Crippen molar-refractivity contribution in [3.05, 3.63) is 206 Å². The van der Waals surface area contributed by atoms with E-state index in [1.807, 2.05) is 11.3 Å². The summed E-state index contributed by atoms with van der Waals surface area (Å²) in [4.78, 5) is 5.46. The molecular formula is C57H34N2S. The number of hydrogen-bond acceptors (Lipinski definition) is 2. The molecule has 3 aromatic heterocycles. The molecule has 13 rings (SSSR count). The Bertz CT molecular complexity index is 3860. The van der Waals surface area contributed by atoms with Crippen LogP contribution in [0.5, 0.6) is 0 Å². The molecule has 0 atom stereocenters. The summed E-state index contributed by atoms with van der Waals surface area (Å²) in [7, 11) is 0. The molecule has 0 aliphatic carbocycles. The van der Waals surface area contributed by atoms with Gasteiger partial charge in [-0.1, -0.05) is 170 Å². The molecule has 0 aliphatic heterocycles. The number of imidazole rings is 1. The first-order valence-corrected chi connectivity index (χ1v) is 21.3. The number of rotatable bonds is 4. The molecule has 0 amide bonds. The number of aromatic nitrogens is 2. The van der Waals surface area contributed by atoms with Crippen LogP contribution in [0.15, 0.2) is 206 Å². The maximum Gasteiger partial charge on any atom is 0.156 e. The van der Waals surface area contributed by atoms with Gasteiger partial charge in [0.15, 0.2) is 5.65 Å². The van der Waals surface area contributed by atoms with Crippen LogP contribution in [0.3, 0.4) is 0 Å². The second-order valence-corrected chi connectivity index (χ2v) is 17.0. The highest BCUT2D eigenvalue weighted by atomic mass is 32.1. The van der Waals surface area contributed by atoms with Crippen LogP contribution in [-0.4, -0.2) is 9.38 Å². The third kappa shape index (κ3) is 5.10. The van der Waals surface area contributed by atoms with Gasteiger partial charge in [0.25, 0.3) is 0 Å². The SMILES string of the molecule is c1ccc(-c2ccc(-c3ccc(-c4ccc(-c5cc6c(sc7ccc8ccccc8c76)c6nc7cc8cc9ccccc9cc8cc7n56)cc4)c4ccccc34)cc2)cc1. The number of pyridine rings is 1. The third-order valence-electron chi connectivity index (χ3n) is 12.5. The van der Waals surface area contributed by atoms with E-state index >= 15 is 0 Å². The smallest absolute Gasteiger partial charge is 0.156 e. The van der Waals surface area contributed by atoms with Crippen LogP contribution in [0, 0.1) is 0 Å². The number of benzene rings is 10. The minimum absolute atomic E-state index is 1.00. The topological polar surface area (TPSA) is 17.3 Å². The Balaban J connectivity index is 0.991. The summed E-state index contributed by atoms with van der Waals surface area (Å²) < 4.78 is 4.91. The van der Waals surface area contributed by atoms with Crippen molar-refractivity contribution in [3.8, 4) is 44.6 Å². The molecule has 0 saturated heterocycles. The minimum Gasteiger partial charge on any atom is -0.291 e. The lowest BCUT2D eigenvalue weighted by Gasteiger charge is -2.14. The first-order chi connectivity index (χ1) is 29.7. The van der Waals surface area contributed by atoms with Gasteiger partial charge in [0.2, 0.25) is 0 Å². The standard InChI is InChI=1S/C57H34N2S/c1-2-10-35(11-3-1)36-18-20-38(21-19-36)45-27-28-46(49-17-9-8-16-48(45)49)39-22-24-40(25-23-39)52-34-50-55-47-15-7-6-12-37(47)26-29-54(55)60-56(50)57-58-51-32-43-30-41-13-4-5-14-42(41)31-44(43)33-53(51)59(52)57/h1-34H. The van der Waals surface area contributed by atoms with Crippen molar-refractivity contribution in [2.75, 3.05) is 0 Å². The molecule has 3 heterocycles. The summed E-state index contributed by atoms with van der Waals surface area (Å²) in [5, 5.41) is 12.5. The van der Waals surface area contributed by atoms with Gasteiger partial charge >= 0.3 is 0 Å². The fourth-order valence-electron chi connectivity index (χ4n) is 9.62. The van der Waals surface area contributed by atoms with E-state index in [0.717, 1.165) is 27.9 Å². The van der Waals surface area contributed by atoms with Crippen molar-refractivity contribution >= 4 is 91.3 Å². The van der Waals surface area contributed by atoms with Crippen molar-refractivity contribution < 1.29 is 0 Å². The summed E-state index contributed by atoms with van der Waals surface area (Å²) in [6, 6.07) is 75.7. The van der Waals surface area contributed by atoms with Crippen LogP contribution in [0.25, 0.3) is 125 Å². The normalized spacial score (nSPS) is 12.0. The zero-order chi connectivity index (χ0) is 39.3. The highest BCUT2D eigenvalue weighted by Crippen LogP contribution is 2.44. The number of fused-ring (bicyclic) bond motifs is 12. The predicted molar refractivity (Wildman–Crippen MR) is 257 cm³/mol. The fourth-order valence-corrected chi connectivity index (χ4v) is 10.8. The molecule has 0 spiro atoms. The summed E-state index contributed by atoms with van der Waals surface area (Å²) in [6.45, 7) is 0. The van der Waals surface area contributed by atoms with Crippen molar-refractivity contribution in [1.29, 1.82) is 0 Å². The van der Waals surface area contributed by atoms with Crippen LogP contribution in [-0.2, 0) is 0 Å². The predicted octanol–water partition coefficient (Wildman–Crippen LogP) is 16.1. The fraction of sp³-hybridized carbons (Fsp3) is 0. The maximum absolute atomic E-state index is 5.46. The van der Waals surface area contributed by atoms with Crippen LogP contribution in [0.2, 0.25) is 0 Å². The Labute approximate surface area is 349 Å². The van der Waals surface area contributed by atoms with E-state index in [4.69, 9.17) is 4.98 Å². The molecule has 2 nitrogen and oxygen atoms in total. The zero-order valence-electron chi connectivity index (χ0n) is 32.4. The number of hydrogen-bond donors (Lipinski definition) is 0. The van der Waals surface area contributed by atoms with Crippen molar-refractivity contribution in [2.45, 2.75) is 0 Å². The van der Waals surface area contributed by atoms with E-state index in [1.54, 1.807) is 0 Å². The van der Waals surface area contributed by atoms with Gasteiger partial charge in [0.1, 0.15) is 0 Å². The van der Waals surface area contributed by atoms with Gasteiger partial charge < -0.3 is 0 Å². The van der Waals surface area contributed by atoms with Gasteiger partial charge in [-0.25, -0.2) is 4.98 Å². The van der Waals surface area contributed by atoms with E-state index in [0.29, 0.717) is 0 Å². The van der Waals surface area contributed by atoms with Gasteiger partial charge in [-0.3, -0.25) is 4.40 Å². The lowest BCUT2D eigenvalue weighted by atomic mass is 9.91. The molecule has 0 N–H and O–H groups in total. The number of nitrogens with zero attached hydrogens (tertiary/aromatic N) is 2. The van der Waals surface area contributed by atoms with E-state index in [2.05, 4.69) is 211 Å². The van der Waals surface area contributed by atoms with E-state index in [-0.39, 0.29) is 0 Å². The monoisotopic (exact) mass is 778 g/mol. The van der Waals surface area contributed by atoms with Gasteiger partial charge in [0.05, 0.1) is 21.4 Å². The largest absolute Gasteiger partial charge is 0.291 e. The lowest BCUT2D eigenvalue weighted by Crippen LogP contribution is -1.93. The van der Waals surface area contributed by atoms with E-state index < -0.39 is 0 Å². The lowest BCUT2D eigenvalue weighted by molar-refractivity contribution is 1.25. The summed E-state index contributed by atoms with van der Waals surface area (Å²) in [6.07, 6.45) is 0. The molecule has 10 aromatic carbocycles. The van der Waals surface area contributed by atoms with Gasteiger partial charge in [-0.2, -0.15) is 0 Å². The molecule has 0 aliphatic rings. The maximum atomic E-state index is 5.46. The second-order valence-electron chi connectivity index (χ2n) is 15.9. The zero-order valence-corrected chi connectivity index (χ0v) is 33.2. The highest BCUT2D eigenvalue weighted by Gasteiger charge is 2.20. The molecule has 0 saturated carbocycles. The van der Waals surface area contributed by atoms with Gasteiger partial charge in [-0.15, -0.1) is 11.3 Å². The summed E-state index contributed by atoms with van der Waals surface area (Å²) in [5.41, 5.74) is 12.8. The number of thiophene rings is 1. The van der Waals surface area contributed by atoms with Crippen LogP contribution in [0.1, 0.15) is 0 Å². The van der Waals surface area contributed by atoms with Crippen LogP contribution >= 0.6 is 11.3 Å². The van der Waals surface area contributed by atoms with Crippen molar-refractivity contribution in [1.82, 2.24) is 9.38 Å². The molecular weight excluding hydrogens is 745 g/mol. The van der Waals surface area contributed by atoms with Gasteiger partial charge in [0, 0.05) is 15.5 Å². The molecule has 0 fully saturated rings. The average Bonchev–Trinajstić information content (AvgIpc) is 3.88. The molecule has 0 radical (unpaired) electrons. The Morgan fingerprint density at radius 3 is 1.60 bits per heavy atom. The molecule has 13 aromatic rings. The quantitative estimate of drug-likeness (QED) is 0.163. The van der Waals surface area contributed by atoms with Crippen LogP contribution < -0.4 is 0 Å². The van der Waals surface area contributed by atoms with Crippen molar-refractivity contribution in [2.24, 2.45) is 0 Å². The molecule has 0 unspecified atom stereocenters. The third-order valence-corrected chi connectivity index (χ3v) is 13.7. The molecule has 3 heteroatoms. The summed E-state index contributed by atoms with van der Waals surface area (Å²) >= 11 is 1.85. The molecule has 278 valence electrons. The Morgan fingerprint density at radius 2 is 0.917 bits per heavy atom. The first-order valence-electron chi connectivity index (χ1n) is 20.5.